The number of aromatic nitrogens is 2. The van der Waals surface area contributed by atoms with Gasteiger partial charge in [-0.15, -0.1) is 0 Å². The van der Waals surface area contributed by atoms with Crippen LogP contribution in [0.4, 0.5) is 8.78 Å². The van der Waals surface area contributed by atoms with Crippen LogP contribution in [0.25, 0.3) is 11.0 Å². The van der Waals surface area contributed by atoms with E-state index < -0.39 is 6.67 Å². The average molecular weight is 381 g/mol. The van der Waals surface area contributed by atoms with Gasteiger partial charge in [-0.3, -0.25) is 4.90 Å². The van der Waals surface area contributed by atoms with Crippen LogP contribution < -0.4 is 0 Å². The van der Waals surface area contributed by atoms with Crippen LogP contribution in [0.1, 0.15) is 47.8 Å². The molecule has 0 N–H and O–H groups in total. The fourth-order valence-electron chi connectivity index (χ4n) is 5.01. The molecule has 1 unspecified atom stereocenters. The number of hydrogen-bond acceptors (Lipinski definition) is 2. The van der Waals surface area contributed by atoms with E-state index in [0.29, 0.717) is 11.7 Å². The molecule has 4 heterocycles. The molecule has 2 aliphatic heterocycles. The molecule has 1 aromatic carbocycles. The number of benzene rings is 1. The third kappa shape index (κ3) is 3.02. The lowest BCUT2D eigenvalue weighted by molar-refractivity contribution is 0.138. The Bertz CT molecular complexity index is 993. The van der Waals surface area contributed by atoms with E-state index >= 15 is 0 Å². The van der Waals surface area contributed by atoms with Gasteiger partial charge in [0.25, 0.3) is 0 Å². The van der Waals surface area contributed by atoms with Crippen molar-refractivity contribution < 1.29 is 8.78 Å². The number of halogens is 2. The molecule has 3 aromatic rings. The normalized spacial score (nSPS) is 19.6. The van der Waals surface area contributed by atoms with Crippen LogP contribution >= 0.6 is 0 Å². The fourth-order valence-corrected chi connectivity index (χ4v) is 5.01. The van der Waals surface area contributed by atoms with Crippen LogP contribution in [0.3, 0.4) is 0 Å². The molecule has 3 nitrogen and oxygen atoms in total. The van der Waals surface area contributed by atoms with E-state index in [-0.39, 0.29) is 5.82 Å². The maximum Gasteiger partial charge on any atom is 0.131 e. The lowest BCUT2D eigenvalue weighted by Crippen LogP contribution is -2.39. The Labute approximate surface area is 164 Å². The van der Waals surface area contributed by atoms with E-state index in [4.69, 9.17) is 4.98 Å². The summed E-state index contributed by atoms with van der Waals surface area (Å²) in [5.74, 6) is -0.201. The second kappa shape index (κ2) is 7.28. The third-order valence-corrected chi connectivity index (χ3v) is 6.37. The number of pyridine rings is 1. The van der Waals surface area contributed by atoms with Crippen LogP contribution in [0.5, 0.6) is 0 Å². The molecule has 1 atom stereocenters. The second-order valence-electron chi connectivity index (χ2n) is 7.99. The predicted molar refractivity (Wildman–Crippen MR) is 107 cm³/mol. The molecule has 0 aliphatic carbocycles. The Balaban J connectivity index is 1.57. The van der Waals surface area contributed by atoms with Crippen molar-refractivity contribution in [3.8, 4) is 0 Å². The van der Waals surface area contributed by atoms with Gasteiger partial charge in [-0.1, -0.05) is 18.6 Å². The van der Waals surface area contributed by atoms with Crippen LogP contribution in [0, 0.1) is 5.82 Å². The van der Waals surface area contributed by atoms with Gasteiger partial charge in [-0.05, 0) is 55.6 Å². The highest BCUT2D eigenvalue weighted by atomic mass is 19.1. The first kappa shape index (κ1) is 17.8. The zero-order valence-corrected chi connectivity index (χ0v) is 16.0. The van der Waals surface area contributed by atoms with Crippen molar-refractivity contribution in [2.24, 2.45) is 0 Å². The van der Waals surface area contributed by atoms with Gasteiger partial charge in [-0.2, -0.15) is 0 Å². The summed E-state index contributed by atoms with van der Waals surface area (Å²) < 4.78 is 28.9. The summed E-state index contributed by atoms with van der Waals surface area (Å²) in [6.07, 6.45) is 5.52. The molecule has 0 saturated carbocycles. The number of rotatable bonds is 4. The van der Waals surface area contributed by atoms with Crippen molar-refractivity contribution in [1.82, 2.24) is 14.5 Å². The third-order valence-electron chi connectivity index (χ3n) is 6.37. The number of piperidine rings is 1. The van der Waals surface area contributed by atoms with E-state index in [1.807, 2.05) is 18.2 Å². The standard InChI is InChI=1S/C23H25F2N3/c24-15-18-8-9-21-23(26-18)22-19-3-1-2-12-27(19)13-11-20(22)28(21)14-10-16-4-6-17(25)7-5-16/h4-9,19H,1-3,10-15H2. The Kier molecular flexibility index (Phi) is 4.63. The molecule has 5 rings (SSSR count). The Morgan fingerprint density at radius 1 is 1.04 bits per heavy atom. The van der Waals surface area contributed by atoms with Gasteiger partial charge in [0.05, 0.1) is 16.7 Å². The first-order valence-corrected chi connectivity index (χ1v) is 10.3. The van der Waals surface area contributed by atoms with Crippen molar-refractivity contribution in [3.63, 3.8) is 0 Å². The SMILES string of the molecule is FCc1ccc2c(n1)c1c(n2CCc2ccc(F)cc2)CCN2CCCCC12. The largest absolute Gasteiger partial charge is 0.343 e. The highest BCUT2D eigenvalue weighted by molar-refractivity contribution is 5.83. The van der Waals surface area contributed by atoms with E-state index in [2.05, 4.69) is 9.47 Å². The van der Waals surface area contributed by atoms with Crippen molar-refractivity contribution in [2.75, 3.05) is 13.1 Å². The number of nitrogens with zero attached hydrogens (tertiary/aromatic N) is 3. The number of alkyl halides is 1. The molecule has 28 heavy (non-hydrogen) atoms. The molecule has 1 fully saturated rings. The fraction of sp³-hybridized carbons (Fsp3) is 0.435. The van der Waals surface area contributed by atoms with Crippen molar-refractivity contribution in [1.29, 1.82) is 0 Å². The molecule has 0 bridgehead atoms. The smallest absolute Gasteiger partial charge is 0.131 e. The second-order valence-corrected chi connectivity index (χ2v) is 7.99. The molecular formula is C23H25F2N3. The highest BCUT2D eigenvalue weighted by Gasteiger charge is 2.34. The van der Waals surface area contributed by atoms with Gasteiger partial charge in [0.15, 0.2) is 0 Å². The summed E-state index contributed by atoms with van der Waals surface area (Å²) in [5.41, 5.74) is 6.43. The molecule has 5 heteroatoms. The van der Waals surface area contributed by atoms with Gasteiger partial charge in [0.2, 0.25) is 0 Å². The molecule has 2 aliphatic rings. The molecule has 1 saturated heterocycles. The minimum Gasteiger partial charge on any atom is -0.343 e. The zero-order valence-electron chi connectivity index (χ0n) is 16.0. The molecular weight excluding hydrogens is 356 g/mol. The van der Waals surface area contributed by atoms with E-state index in [0.717, 1.165) is 55.5 Å². The number of aryl methyl sites for hydroxylation is 2. The van der Waals surface area contributed by atoms with Gasteiger partial charge >= 0.3 is 0 Å². The van der Waals surface area contributed by atoms with Crippen LogP contribution in [-0.2, 0) is 26.1 Å². The lowest BCUT2D eigenvalue weighted by Gasteiger charge is -2.39. The number of hydrogen-bond donors (Lipinski definition) is 0. The predicted octanol–water partition coefficient (Wildman–Crippen LogP) is 4.97. The maximum atomic E-state index is 13.3. The molecule has 0 radical (unpaired) electrons. The topological polar surface area (TPSA) is 21.1 Å². The Morgan fingerprint density at radius 3 is 2.71 bits per heavy atom. The summed E-state index contributed by atoms with van der Waals surface area (Å²) in [6, 6.07) is 11.0. The summed E-state index contributed by atoms with van der Waals surface area (Å²) in [6.45, 7) is 2.54. The van der Waals surface area contributed by atoms with Crippen molar-refractivity contribution in [3.05, 3.63) is 64.7 Å². The van der Waals surface area contributed by atoms with Gasteiger partial charge in [-0.25, -0.2) is 13.8 Å². The lowest BCUT2D eigenvalue weighted by atomic mass is 9.90. The monoisotopic (exact) mass is 381 g/mol. The highest BCUT2D eigenvalue weighted by Crippen LogP contribution is 2.41. The molecule has 0 amide bonds. The summed E-state index contributed by atoms with van der Waals surface area (Å²) >= 11 is 0. The number of fused-ring (bicyclic) bond motifs is 5. The van der Waals surface area contributed by atoms with E-state index in [1.165, 1.54) is 36.2 Å². The van der Waals surface area contributed by atoms with E-state index in [9.17, 15) is 8.78 Å². The average Bonchev–Trinajstić information content (AvgIpc) is 3.06. The summed E-state index contributed by atoms with van der Waals surface area (Å²) in [4.78, 5) is 7.30. The minimum atomic E-state index is -0.528. The Hall–Kier alpha value is -2.27. The Morgan fingerprint density at radius 2 is 1.89 bits per heavy atom. The molecule has 146 valence electrons. The van der Waals surface area contributed by atoms with E-state index in [1.54, 1.807) is 6.07 Å². The van der Waals surface area contributed by atoms with Crippen LogP contribution in [0.2, 0.25) is 0 Å². The maximum absolute atomic E-state index is 13.3. The van der Waals surface area contributed by atoms with Gasteiger partial charge < -0.3 is 4.57 Å². The first-order chi connectivity index (χ1) is 13.7. The minimum absolute atomic E-state index is 0.201. The molecule has 0 spiro atoms. The van der Waals surface area contributed by atoms with Crippen LogP contribution in [-0.4, -0.2) is 27.5 Å². The zero-order chi connectivity index (χ0) is 19.1. The van der Waals surface area contributed by atoms with Crippen LogP contribution in [0.15, 0.2) is 36.4 Å². The first-order valence-electron chi connectivity index (χ1n) is 10.3. The molecule has 2 aromatic heterocycles. The summed E-state index contributed by atoms with van der Waals surface area (Å²) in [7, 11) is 0. The van der Waals surface area contributed by atoms with Crippen molar-refractivity contribution in [2.45, 2.75) is 51.4 Å². The quantitative estimate of drug-likeness (QED) is 0.636. The van der Waals surface area contributed by atoms with Gasteiger partial charge in [0, 0.05) is 36.8 Å². The summed E-state index contributed by atoms with van der Waals surface area (Å²) in [5, 5.41) is 0. The van der Waals surface area contributed by atoms with Crippen molar-refractivity contribution >= 4 is 11.0 Å². The van der Waals surface area contributed by atoms with Gasteiger partial charge in [0.1, 0.15) is 12.5 Å².